The van der Waals surface area contributed by atoms with E-state index in [2.05, 4.69) is 9.97 Å². The average molecular weight is 381 g/mol. The Balaban J connectivity index is 1.66. The summed E-state index contributed by atoms with van der Waals surface area (Å²) in [6.07, 6.45) is 6.42. The summed E-state index contributed by atoms with van der Waals surface area (Å²) in [5.41, 5.74) is 1.65. The highest BCUT2D eigenvalue weighted by Crippen LogP contribution is 2.30. The third-order valence-electron chi connectivity index (χ3n) is 5.54. The van der Waals surface area contributed by atoms with Crippen LogP contribution in [0.3, 0.4) is 0 Å². The van der Waals surface area contributed by atoms with Gasteiger partial charge in [-0.1, -0.05) is 0 Å². The van der Waals surface area contributed by atoms with Crippen molar-refractivity contribution in [2.45, 2.75) is 45.2 Å². The number of fused-ring (bicyclic) bond motifs is 1. The summed E-state index contributed by atoms with van der Waals surface area (Å²) in [5, 5.41) is 0. The molecule has 2 aliphatic heterocycles. The second-order valence-electron chi connectivity index (χ2n) is 7.31. The Labute approximate surface area is 162 Å². The van der Waals surface area contributed by atoms with Gasteiger partial charge in [0.25, 0.3) is 11.5 Å². The Kier molecular flexibility index (Phi) is 4.93. The van der Waals surface area contributed by atoms with Gasteiger partial charge in [-0.05, 0) is 31.4 Å². The smallest absolute Gasteiger partial charge is 0.256 e. The Bertz CT molecular complexity index is 956. The van der Waals surface area contributed by atoms with Crippen molar-refractivity contribution in [3.05, 3.63) is 57.5 Å². The molecular weight excluding hydrogens is 358 g/mol. The molecule has 0 aromatic carbocycles. The van der Waals surface area contributed by atoms with Crippen molar-refractivity contribution < 1.29 is 9.59 Å². The van der Waals surface area contributed by atoms with Gasteiger partial charge in [0.1, 0.15) is 5.82 Å². The lowest BCUT2D eigenvalue weighted by atomic mass is 9.99. The van der Waals surface area contributed by atoms with E-state index < -0.39 is 0 Å². The highest BCUT2D eigenvalue weighted by molar-refractivity contribution is 5.94. The Hall–Kier alpha value is -3.03. The summed E-state index contributed by atoms with van der Waals surface area (Å²) >= 11 is 0. The number of carbonyl (C=O) groups excluding carboxylic acids is 2. The third-order valence-corrected chi connectivity index (χ3v) is 5.54. The number of hydrogen-bond acceptors (Lipinski definition) is 5. The lowest BCUT2D eigenvalue weighted by Crippen LogP contribution is -2.42. The van der Waals surface area contributed by atoms with Crippen LogP contribution in [-0.2, 0) is 17.8 Å². The molecular formula is C20H23N5O3. The van der Waals surface area contributed by atoms with Crippen LogP contribution >= 0.6 is 0 Å². The molecule has 8 heteroatoms. The molecule has 2 amide bonds. The van der Waals surface area contributed by atoms with Gasteiger partial charge in [0.15, 0.2) is 0 Å². The number of nitrogens with zero attached hydrogens (tertiary/aromatic N) is 4. The van der Waals surface area contributed by atoms with E-state index in [1.807, 2.05) is 0 Å². The van der Waals surface area contributed by atoms with Crippen molar-refractivity contribution >= 4 is 11.8 Å². The van der Waals surface area contributed by atoms with E-state index in [0.29, 0.717) is 36.5 Å². The molecule has 4 rings (SSSR count). The average Bonchev–Trinajstić information content (AvgIpc) is 2.73. The number of H-pyrrole nitrogens is 1. The molecule has 4 heterocycles. The van der Waals surface area contributed by atoms with Crippen LogP contribution in [0.2, 0.25) is 0 Å². The Morgan fingerprint density at radius 3 is 2.71 bits per heavy atom. The fourth-order valence-electron chi connectivity index (χ4n) is 3.99. The van der Waals surface area contributed by atoms with E-state index in [9.17, 15) is 14.4 Å². The van der Waals surface area contributed by atoms with E-state index >= 15 is 0 Å². The van der Waals surface area contributed by atoms with E-state index in [0.717, 1.165) is 25.0 Å². The molecule has 1 fully saturated rings. The molecule has 0 radical (unpaired) electrons. The number of rotatable bonds is 2. The summed E-state index contributed by atoms with van der Waals surface area (Å²) in [7, 11) is 0. The molecule has 0 saturated carbocycles. The van der Waals surface area contributed by atoms with Crippen molar-refractivity contribution in [2.24, 2.45) is 0 Å². The predicted molar refractivity (Wildman–Crippen MR) is 102 cm³/mol. The van der Waals surface area contributed by atoms with Gasteiger partial charge < -0.3 is 14.8 Å². The molecule has 0 bridgehead atoms. The van der Waals surface area contributed by atoms with E-state index in [4.69, 9.17) is 4.98 Å². The van der Waals surface area contributed by atoms with Crippen LogP contribution in [0.5, 0.6) is 0 Å². The van der Waals surface area contributed by atoms with Crippen molar-refractivity contribution in [1.82, 2.24) is 24.8 Å². The van der Waals surface area contributed by atoms with Crippen LogP contribution in [0.15, 0.2) is 29.3 Å². The van der Waals surface area contributed by atoms with Crippen molar-refractivity contribution in [3.63, 3.8) is 0 Å². The lowest BCUT2D eigenvalue weighted by molar-refractivity contribution is -0.129. The van der Waals surface area contributed by atoms with Crippen molar-refractivity contribution in [1.29, 1.82) is 0 Å². The zero-order valence-corrected chi connectivity index (χ0v) is 15.9. The molecule has 28 heavy (non-hydrogen) atoms. The summed E-state index contributed by atoms with van der Waals surface area (Å²) in [4.78, 5) is 52.4. The van der Waals surface area contributed by atoms with Crippen LogP contribution in [0.25, 0.3) is 0 Å². The monoisotopic (exact) mass is 381 g/mol. The largest absolute Gasteiger partial charge is 0.338 e. The third kappa shape index (κ3) is 3.42. The Morgan fingerprint density at radius 2 is 1.96 bits per heavy atom. The first kappa shape index (κ1) is 18.3. The van der Waals surface area contributed by atoms with Crippen LogP contribution in [0.4, 0.5) is 0 Å². The van der Waals surface area contributed by atoms with Gasteiger partial charge in [-0.2, -0.15) is 0 Å². The van der Waals surface area contributed by atoms with Crippen LogP contribution in [-0.4, -0.2) is 49.7 Å². The van der Waals surface area contributed by atoms with E-state index in [-0.39, 0.29) is 30.0 Å². The van der Waals surface area contributed by atoms with Gasteiger partial charge in [-0.3, -0.25) is 19.4 Å². The summed E-state index contributed by atoms with van der Waals surface area (Å²) in [6.45, 7) is 2.98. The first-order chi connectivity index (χ1) is 13.5. The minimum absolute atomic E-state index is 0.0458. The second kappa shape index (κ2) is 7.53. The van der Waals surface area contributed by atoms with Crippen LogP contribution < -0.4 is 5.56 Å². The first-order valence-electron chi connectivity index (χ1n) is 9.63. The number of piperidine rings is 1. The number of carbonyl (C=O) groups is 2. The van der Waals surface area contributed by atoms with Gasteiger partial charge in [0.2, 0.25) is 5.91 Å². The highest BCUT2D eigenvalue weighted by Gasteiger charge is 2.32. The molecule has 146 valence electrons. The molecule has 1 saturated heterocycles. The summed E-state index contributed by atoms with van der Waals surface area (Å²) < 4.78 is 0. The summed E-state index contributed by atoms with van der Waals surface area (Å²) in [6, 6.07) is 3.15. The molecule has 0 aliphatic carbocycles. The zero-order valence-electron chi connectivity index (χ0n) is 15.9. The maximum absolute atomic E-state index is 13.0. The van der Waals surface area contributed by atoms with Crippen LogP contribution in [0.1, 0.15) is 59.7 Å². The molecule has 8 nitrogen and oxygen atoms in total. The normalized spacial score (nSPS) is 19.2. The number of nitrogens with one attached hydrogen (secondary N) is 1. The Morgan fingerprint density at radius 1 is 1.18 bits per heavy atom. The van der Waals surface area contributed by atoms with E-state index in [1.54, 1.807) is 34.3 Å². The van der Waals surface area contributed by atoms with E-state index in [1.165, 1.54) is 6.92 Å². The molecule has 2 aliphatic rings. The SMILES string of the molecule is CC(=O)N1CCc2nc(C3CCCCN3C(=O)c3ccncc3)[nH]c(=O)c2C1. The molecule has 1 N–H and O–H groups in total. The van der Waals surface area contributed by atoms with Gasteiger partial charge in [-0.15, -0.1) is 0 Å². The quantitative estimate of drug-likeness (QED) is 0.849. The van der Waals surface area contributed by atoms with Crippen molar-refractivity contribution in [3.8, 4) is 0 Å². The molecule has 1 atom stereocenters. The topological polar surface area (TPSA) is 99.3 Å². The van der Waals surface area contributed by atoms with Gasteiger partial charge in [0.05, 0.1) is 23.8 Å². The lowest BCUT2D eigenvalue weighted by Gasteiger charge is -2.35. The number of aromatic amines is 1. The molecule has 2 aromatic heterocycles. The molecule has 2 aromatic rings. The summed E-state index contributed by atoms with van der Waals surface area (Å²) in [5.74, 6) is 0.424. The van der Waals surface area contributed by atoms with Gasteiger partial charge >= 0.3 is 0 Å². The van der Waals surface area contributed by atoms with Gasteiger partial charge in [0, 0.05) is 44.4 Å². The second-order valence-corrected chi connectivity index (χ2v) is 7.31. The predicted octanol–water partition coefficient (Wildman–Crippen LogP) is 1.44. The minimum atomic E-state index is -0.252. The van der Waals surface area contributed by atoms with Crippen LogP contribution in [0, 0.1) is 0 Å². The molecule has 0 spiro atoms. The number of aromatic nitrogens is 3. The minimum Gasteiger partial charge on any atom is -0.338 e. The van der Waals surface area contributed by atoms with Gasteiger partial charge in [-0.25, -0.2) is 4.98 Å². The fourth-order valence-corrected chi connectivity index (χ4v) is 3.99. The number of pyridine rings is 1. The molecule has 1 unspecified atom stereocenters. The highest BCUT2D eigenvalue weighted by atomic mass is 16.2. The number of hydrogen-bond donors (Lipinski definition) is 1. The number of likely N-dealkylation sites (tertiary alicyclic amines) is 1. The maximum atomic E-state index is 13.0. The van der Waals surface area contributed by atoms with Crippen molar-refractivity contribution in [2.75, 3.05) is 13.1 Å². The fraction of sp³-hybridized carbons (Fsp3) is 0.450. The maximum Gasteiger partial charge on any atom is 0.256 e. The number of amides is 2. The first-order valence-corrected chi connectivity index (χ1v) is 9.63. The zero-order chi connectivity index (χ0) is 19.7. The standard InChI is InChI=1S/C20H23N5O3/c1-13(26)24-11-7-16-15(12-24)19(27)23-18(22-16)17-4-2-3-10-25(17)20(28)14-5-8-21-9-6-14/h5-6,8-9,17H,2-4,7,10-12H2,1H3,(H,22,23,27).